The molecule has 0 bridgehead atoms. The smallest absolute Gasteiger partial charge is 0.130 e. The molecule has 2 rings (SSSR count). The van der Waals surface area contributed by atoms with Crippen molar-refractivity contribution in [2.45, 2.75) is 31.8 Å². The van der Waals surface area contributed by atoms with Crippen LogP contribution in [0.2, 0.25) is 0 Å². The number of ether oxygens (including phenoxy) is 1. The molecule has 0 aliphatic heterocycles. The van der Waals surface area contributed by atoms with Gasteiger partial charge in [-0.1, -0.05) is 0 Å². The van der Waals surface area contributed by atoms with E-state index in [0.717, 1.165) is 6.42 Å². The SMILES string of the molecule is COc1cc(C2(O)CCC2)cc(F)c1C. The van der Waals surface area contributed by atoms with Crippen molar-refractivity contribution in [1.82, 2.24) is 0 Å². The molecule has 1 aromatic rings. The molecule has 0 amide bonds. The van der Waals surface area contributed by atoms with Gasteiger partial charge in [0.1, 0.15) is 11.6 Å². The highest BCUT2D eigenvalue weighted by Crippen LogP contribution is 2.42. The van der Waals surface area contributed by atoms with Crippen LogP contribution < -0.4 is 4.74 Å². The Morgan fingerprint density at radius 3 is 2.53 bits per heavy atom. The number of aliphatic hydroxyl groups is 1. The van der Waals surface area contributed by atoms with Crippen LogP contribution in [-0.2, 0) is 5.60 Å². The lowest BCUT2D eigenvalue weighted by Gasteiger charge is -2.37. The van der Waals surface area contributed by atoms with Gasteiger partial charge in [-0.15, -0.1) is 0 Å². The predicted molar refractivity (Wildman–Crippen MR) is 55.4 cm³/mol. The van der Waals surface area contributed by atoms with Gasteiger partial charge in [0, 0.05) is 5.56 Å². The second-order valence-electron chi connectivity index (χ2n) is 4.17. The van der Waals surface area contributed by atoms with E-state index >= 15 is 0 Å². The van der Waals surface area contributed by atoms with Crippen molar-refractivity contribution in [2.24, 2.45) is 0 Å². The molecule has 1 N–H and O–H groups in total. The molecule has 1 fully saturated rings. The summed E-state index contributed by atoms with van der Waals surface area (Å²) < 4.78 is 18.6. The molecule has 0 aromatic heterocycles. The molecule has 0 atom stereocenters. The van der Waals surface area contributed by atoms with Gasteiger partial charge in [-0.05, 0) is 43.9 Å². The summed E-state index contributed by atoms with van der Waals surface area (Å²) in [6.45, 7) is 1.67. The van der Waals surface area contributed by atoms with Crippen LogP contribution >= 0.6 is 0 Å². The van der Waals surface area contributed by atoms with Gasteiger partial charge < -0.3 is 9.84 Å². The minimum absolute atomic E-state index is 0.315. The van der Waals surface area contributed by atoms with Gasteiger partial charge in [0.25, 0.3) is 0 Å². The molecule has 1 aliphatic carbocycles. The van der Waals surface area contributed by atoms with Gasteiger partial charge in [-0.2, -0.15) is 0 Å². The third kappa shape index (κ3) is 1.61. The topological polar surface area (TPSA) is 29.5 Å². The maximum Gasteiger partial charge on any atom is 0.130 e. The first kappa shape index (κ1) is 10.4. The van der Waals surface area contributed by atoms with E-state index in [0.29, 0.717) is 29.7 Å². The fraction of sp³-hybridized carbons (Fsp3) is 0.500. The van der Waals surface area contributed by atoms with Crippen LogP contribution in [0, 0.1) is 12.7 Å². The van der Waals surface area contributed by atoms with E-state index in [9.17, 15) is 9.50 Å². The van der Waals surface area contributed by atoms with Crippen molar-refractivity contribution in [1.29, 1.82) is 0 Å². The van der Waals surface area contributed by atoms with E-state index in [-0.39, 0.29) is 5.82 Å². The van der Waals surface area contributed by atoms with E-state index in [1.165, 1.54) is 13.2 Å². The first-order chi connectivity index (χ1) is 7.07. The van der Waals surface area contributed by atoms with Crippen molar-refractivity contribution in [3.8, 4) is 5.75 Å². The number of hydrogen-bond donors (Lipinski definition) is 1. The fourth-order valence-electron chi connectivity index (χ4n) is 1.93. The van der Waals surface area contributed by atoms with Crippen LogP contribution in [0.5, 0.6) is 5.75 Å². The predicted octanol–water partition coefficient (Wildman–Crippen LogP) is 2.51. The van der Waals surface area contributed by atoms with Gasteiger partial charge in [0.05, 0.1) is 12.7 Å². The van der Waals surface area contributed by atoms with E-state index in [2.05, 4.69) is 0 Å². The number of rotatable bonds is 2. The molecular weight excluding hydrogens is 195 g/mol. The Balaban J connectivity index is 2.45. The van der Waals surface area contributed by atoms with Crippen LogP contribution in [0.3, 0.4) is 0 Å². The molecule has 0 heterocycles. The molecule has 1 aliphatic rings. The summed E-state index contributed by atoms with van der Waals surface area (Å²) in [6, 6.07) is 3.15. The molecule has 15 heavy (non-hydrogen) atoms. The lowest BCUT2D eigenvalue weighted by Crippen LogP contribution is -2.33. The normalized spacial score (nSPS) is 18.4. The standard InChI is InChI=1S/C12H15FO2/c1-8-10(13)6-9(7-11(8)15-2)12(14)4-3-5-12/h6-7,14H,3-5H2,1-2H3. The van der Waals surface area contributed by atoms with Crippen LogP contribution in [0.15, 0.2) is 12.1 Å². The highest BCUT2D eigenvalue weighted by molar-refractivity contribution is 5.40. The van der Waals surface area contributed by atoms with Crippen LogP contribution in [-0.4, -0.2) is 12.2 Å². The molecule has 1 saturated carbocycles. The average Bonchev–Trinajstić information content (AvgIpc) is 2.18. The van der Waals surface area contributed by atoms with Crippen LogP contribution in [0.1, 0.15) is 30.4 Å². The van der Waals surface area contributed by atoms with Crippen molar-refractivity contribution in [2.75, 3.05) is 7.11 Å². The molecule has 0 saturated heterocycles. The Bertz CT molecular complexity index is 383. The van der Waals surface area contributed by atoms with Gasteiger partial charge in [0.2, 0.25) is 0 Å². The minimum atomic E-state index is -0.832. The summed E-state index contributed by atoms with van der Waals surface area (Å²) in [7, 11) is 1.51. The lowest BCUT2D eigenvalue weighted by atomic mass is 9.75. The third-order valence-corrected chi connectivity index (χ3v) is 3.23. The Labute approximate surface area is 88.7 Å². The summed E-state index contributed by atoms with van der Waals surface area (Å²) >= 11 is 0. The molecular formula is C12H15FO2. The zero-order valence-electron chi connectivity index (χ0n) is 9.01. The molecule has 0 spiro atoms. The summed E-state index contributed by atoms with van der Waals surface area (Å²) in [4.78, 5) is 0. The van der Waals surface area contributed by atoms with Crippen molar-refractivity contribution < 1.29 is 14.2 Å². The van der Waals surface area contributed by atoms with Crippen LogP contribution in [0.25, 0.3) is 0 Å². The molecule has 82 valence electrons. The van der Waals surface area contributed by atoms with Gasteiger partial charge in [-0.25, -0.2) is 4.39 Å². The maximum absolute atomic E-state index is 13.5. The second kappa shape index (κ2) is 3.49. The largest absolute Gasteiger partial charge is 0.496 e. The second-order valence-corrected chi connectivity index (χ2v) is 4.17. The maximum atomic E-state index is 13.5. The lowest BCUT2D eigenvalue weighted by molar-refractivity contribution is -0.0391. The Kier molecular flexibility index (Phi) is 2.43. The first-order valence-corrected chi connectivity index (χ1v) is 5.14. The quantitative estimate of drug-likeness (QED) is 0.812. The van der Waals surface area contributed by atoms with E-state index in [1.807, 2.05) is 0 Å². The average molecular weight is 210 g/mol. The summed E-state index contributed by atoms with van der Waals surface area (Å²) in [6.07, 6.45) is 2.41. The summed E-state index contributed by atoms with van der Waals surface area (Å²) in [5, 5.41) is 10.1. The number of methoxy groups -OCH3 is 1. The van der Waals surface area contributed by atoms with E-state index < -0.39 is 5.60 Å². The van der Waals surface area contributed by atoms with Crippen molar-refractivity contribution in [3.05, 3.63) is 29.1 Å². The number of hydrogen-bond acceptors (Lipinski definition) is 2. The first-order valence-electron chi connectivity index (χ1n) is 5.14. The molecule has 2 nitrogen and oxygen atoms in total. The Hall–Kier alpha value is -1.09. The molecule has 0 radical (unpaired) electrons. The van der Waals surface area contributed by atoms with Gasteiger partial charge >= 0.3 is 0 Å². The summed E-state index contributed by atoms with van der Waals surface area (Å²) in [5.41, 5.74) is 0.292. The highest BCUT2D eigenvalue weighted by Gasteiger charge is 2.37. The van der Waals surface area contributed by atoms with Gasteiger partial charge in [-0.3, -0.25) is 0 Å². The van der Waals surface area contributed by atoms with Crippen molar-refractivity contribution in [3.63, 3.8) is 0 Å². The third-order valence-electron chi connectivity index (χ3n) is 3.23. The summed E-state index contributed by atoms with van der Waals surface area (Å²) in [5.74, 6) is 0.190. The zero-order chi connectivity index (χ0) is 11.1. The minimum Gasteiger partial charge on any atom is -0.496 e. The van der Waals surface area contributed by atoms with E-state index in [4.69, 9.17) is 4.74 Å². The van der Waals surface area contributed by atoms with Gasteiger partial charge in [0.15, 0.2) is 0 Å². The highest BCUT2D eigenvalue weighted by atomic mass is 19.1. The van der Waals surface area contributed by atoms with Crippen molar-refractivity contribution >= 4 is 0 Å². The van der Waals surface area contributed by atoms with Crippen LogP contribution in [0.4, 0.5) is 4.39 Å². The van der Waals surface area contributed by atoms with E-state index in [1.54, 1.807) is 13.0 Å². The monoisotopic (exact) mass is 210 g/mol. The molecule has 3 heteroatoms. The zero-order valence-corrected chi connectivity index (χ0v) is 9.01. The molecule has 0 unspecified atom stereocenters. The Morgan fingerprint density at radius 2 is 2.07 bits per heavy atom. The fourth-order valence-corrected chi connectivity index (χ4v) is 1.93. The molecule has 1 aromatic carbocycles. The Morgan fingerprint density at radius 1 is 1.40 bits per heavy atom. The number of halogens is 1. The number of benzene rings is 1.